The number of hydrogen-bond donors (Lipinski definition) is 0. The van der Waals surface area contributed by atoms with E-state index in [0.29, 0.717) is 0 Å². The van der Waals surface area contributed by atoms with E-state index in [2.05, 4.69) is 6.61 Å². The first-order valence-electron chi connectivity index (χ1n) is 2.38. The van der Waals surface area contributed by atoms with E-state index in [0.717, 1.165) is 19.4 Å². The third-order valence-electron chi connectivity index (χ3n) is 0.940. The van der Waals surface area contributed by atoms with Crippen LogP contribution in [0, 0.1) is 6.61 Å². The molecule has 0 spiro atoms. The van der Waals surface area contributed by atoms with Crippen LogP contribution in [0.1, 0.15) is 12.8 Å². The molecule has 0 N–H and O–H groups in total. The molecule has 1 nitrogen and oxygen atoms in total. The van der Waals surface area contributed by atoms with Crippen LogP contribution < -0.4 is 0 Å². The standard InChI is InChI=1S/C5H7ClO/c6-5-1-3-7-4-2-5/h5H,1-3H2. The first-order chi connectivity index (χ1) is 3.39. The Morgan fingerprint density at radius 3 is 2.86 bits per heavy atom. The van der Waals surface area contributed by atoms with Gasteiger partial charge in [0.25, 0.3) is 0 Å². The van der Waals surface area contributed by atoms with Crippen LogP contribution in [0.15, 0.2) is 0 Å². The highest BCUT2D eigenvalue weighted by Crippen LogP contribution is 2.14. The normalized spacial score (nSPS) is 25.3. The number of rotatable bonds is 0. The zero-order valence-electron chi connectivity index (χ0n) is 3.98. The fourth-order valence-electron chi connectivity index (χ4n) is 0.510. The second kappa shape index (κ2) is 2.53. The molecule has 2 radical (unpaired) electrons. The van der Waals surface area contributed by atoms with Crippen molar-refractivity contribution in [3.63, 3.8) is 0 Å². The molecule has 0 aromatic carbocycles. The molecule has 1 fully saturated rings. The highest BCUT2D eigenvalue weighted by Gasteiger charge is 2.09. The Balaban J connectivity index is 2.12. The van der Waals surface area contributed by atoms with Crippen molar-refractivity contribution in [2.24, 2.45) is 0 Å². The number of ether oxygens (including phenoxy) is 1. The van der Waals surface area contributed by atoms with Crippen molar-refractivity contribution in [3.05, 3.63) is 6.61 Å². The summed E-state index contributed by atoms with van der Waals surface area (Å²) in [4.78, 5) is 0. The molecule has 1 atom stereocenters. The topological polar surface area (TPSA) is 9.23 Å². The van der Waals surface area contributed by atoms with E-state index < -0.39 is 0 Å². The summed E-state index contributed by atoms with van der Waals surface area (Å²) in [5.74, 6) is 0. The van der Waals surface area contributed by atoms with Gasteiger partial charge in [-0.3, -0.25) is 0 Å². The summed E-state index contributed by atoms with van der Waals surface area (Å²) in [6, 6.07) is 0. The summed E-state index contributed by atoms with van der Waals surface area (Å²) in [6.45, 7) is 3.45. The quantitative estimate of drug-likeness (QED) is 0.438. The zero-order valence-corrected chi connectivity index (χ0v) is 4.74. The SMILES string of the molecule is ClC1C[C]OCC1. The summed E-state index contributed by atoms with van der Waals surface area (Å²) in [6.07, 6.45) is 1.75. The average molecular weight is 119 g/mol. The molecular weight excluding hydrogens is 112 g/mol. The molecule has 2 heteroatoms. The van der Waals surface area contributed by atoms with Crippen molar-refractivity contribution in [2.75, 3.05) is 6.61 Å². The van der Waals surface area contributed by atoms with Gasteiger partial charge in [0, 0.05) is 12.0 Å². The van der Waals surface area contributed by atoms with E-state index in [1.54, 1.807) is 0 Å². The fourth-order valence-corrected chi connectivity index (χ4v) is 0.662. The van der Waals surface area contributed by atoms with Gasteiger partial charge < -0.3 is 4.74 Å². The van der Waals surface area contributed by atoms with Gasteiger partial charge >= 0.3 is 0 Å². The maximum absolute atomic E-state index is 5.67. The summed E-state index contributed by atoms with van der Waals surface area (Å²) >= 11 is 5.67. The molecule has 1 rings (SSSR count). The van der Waals surface area contributed by atoms with E-state index >= 15 is 0 Å². The lowest BCUT2D eigenvalue weighted by molar-refractivity contribution is 0.158. The lowest BCUT2D eigenvalue weighted by Crippen LogP contribution is -2.10. The van der Waals surface area contributed by atoms with Gasteiger partial charge in [0.15, 0.2) is 0 Å². The van der Waals surface area contributed by atoms with Crippen molar-refractivity contribution in [3.8, 4) is 0 Å². The van der Waals surface area contributed by atoms with Gasteiger partial charge in [0.1, 0.15) is 6.61 Å². The molecule has 1 aliphatic rings. The first-order valence-corrected chi connectivity index (χ1v) is 2.82. The minimum absolute atomic E-state index is 0.272. The predicted octanol–water partition coefficient (Wildman–Crippen LogP) is 1.44. The third kappa shape index (κ3) is 1.66. The van der Waals surface area contributed by atoms with Gasteiger partial charge in [-0.2, -0.15) is 0 Å². The van der Waals surface area contributed by atoms with Gasteiger partial charge in [-0.15, -0.1) is 11.6 Å². The van der Waals surface area contributed by atoms with Crippen molar-refractivity contribution < 1.29 is 4.74 Å². The van der Waals surface area contributed by atoms with E-state index in [1.165, 1.54) is 0 Å². The van der Waals surface area contributed by atoms with E-state index in [1.807, 2.05) is 0 Å². The predicted molar refractivity (Wildman–Crippen MR) is 28.1 cm³/mol. The van der Waals surface area contributed by atoms with Gasteiger partial charge in [0.05, 0.1) is 0 Å². The molecule has 40 valence electrons. The molecule has 1 saturated heterocycles. The van der Waals surface area contributed by atoms with Crippen molar-refractivity contribution >= 4 is 11.6 Å². The fraction of sp³-hybridized carbons (Fsp3) is 0.800. The van der Waals surface area contributed by atoms with Crippen LogP contribution in [0.3, 0.4) is 0 Å². The third-order valence-corrected chi connectivity index (χ3v) is 1.31. The Bertz CT molecular complexity index is 50.0. The Labute approximate surface area is 48.6 Å². The van der Waals surface area contributed by atoms with Gasteiger partial charge in [-0.25, -0.2) is 0 Å². The van der Waals surface area contributed by atoms with Gasteiger partial charge in [-0.1, -0.05) is 0 Å². The lowest BCUT2D eigenvalue weighted by Gasteiger charge is -2.13. The summed E-state index contributed by atoms with van der Waals surface area (Å²) in [7, 11) is 0. The smallest absolute Gasteiger partial charge is 0.133 e. The van der Waals surface area contributed by atoms with E-state index in [9.17, 15) is 0 Å². The number of halogens is 1. The maximum atomic E-state index is 5.67. The lowest BCUT2D eigenvalue weighted by atomic mass is 10.2. The zero-order chi connectivity index (χ0) is 5.11. The van der Waals surface area contributed by atoms with Crippen molar-refractivity contribution in [2.45, 2.75) is 18.2 Å². The summed E-state index contributed by atoms with van der Waals surface area (Å²) in [5.41, 5.74) is 0. The maximum Gasteiger partial charge on any atom is 0.133 e. The second-order valence-electron chi connectivity index (χ2n) is 1.58. The first kappa shape index (κ1) is 5.39. The van der Waals surface area contributed by atoms with Crippen LogP contribution >= 0.6 is 11.6 Å². The van der Waals surface area contributed by atoms with Crippen LogP contribution in [0.25, 0.3) is 0 Å². The molecular formula is C5H7ClO. The monoisotopic (exact) mass is 118 g/mol. The number of alkyl halides is 1. The molecule has 1 unspecified atom stereocenters. The largest absolute Gasteiger partial charge is 0.369 e. The van der Waals surface area contributed by atoms with Crippen LogP contribution in [0.4, 0.5) is 0 Å². The average Bonchev–Trinajstić information content (AvgIpc) is 1.69. The Hall–Kier alpha value is 0.250. The molecule has 0 aromatic rings. The van der Waals surface area contributed by atoms with Crippen molar-refractivity contribution in [1.29, 1.82) is 0 Å². The van der Waals surface area contributed by atoms with Crippen molar-refractivity contribution in [1.82, 2.24) is 0 Å². The van der Waals surface area contributed by atoms with Crippen LogP contribution in [-0.2, 0) is 4.74 Å². The molecule has 7 heavy (non-hydrogen) atoms. The molecule has 1 heterocycles. The Morgan fingerprint density at radius 1 is 1.71 bits per heavy atom. The van der Waals surface area contributed by atoms with Gasteiger partial charge in [0.2, 0.25) is 0 Å². The molecule has 0 bridgehead atoms. The summed E-state index contributed by atoms with van der Waals surface area (Å²) < 4.78 is 4.81. The molecule has 0 amide bonds. The van der Waals surface area contributed by atoms with Crippen LogP contribution in [0.5, 0.6) is 0 Å². The Morgan fingerprint density at radius 2 is 2.57 bits per heavy atom. The highest BCUT2D eigenvalue weighted by molar-refractivity contribution is 6.20. The van der Waals surface area contributed by atoms with Crippen LogP contribution in [-0.4, -0.2) is 12.0 Å². The molecule has 0 saturated carbocycles. The second-order valence-corrected chi connectivity index (χ2v) is 2.20. The molecule has 0 aromatic heterocycles. The Kier molecular flexibility index (Phi) is 1.95. The van der Waals surface area contributed by atoms with E-state index in [-0.39, 0.29) is 5.38 Å². The minimum atomic E-state index is 0.272. The molecule has 0 aliphatic carbocycles. The minimum Gasteiger partial charge on any atom is -0.369 e. The van der Waals surface area contributed by atoms with Gasteiger partial charge in [-0.05, 0) is 12.8 Å². The highest BCUT2D eigenvalue weighted by atomic mass is 35.5. The number of hydrogen-bond acceptors (Lipinski definition) is 1. The van der Waals surface area contributed by atoms with E-state index in [4.69, 9.17) is 16.3 Å². The summed E-state index contributed by atoms with van der Waals surface area (Å²) in [5, 5.41) is 0.272. The van der Waals surface area contributed by atoms with Crippen LogP contribution in [0.2, 0.25) is 0 Å². The molecule has 1 aliphatic heterocycles.